The van der Waals surface area contributed by atoms with Crippen molar-refractivity contribution in [2.75, 3.05) is 22.3 Å². The number of anilines is 2. The lowest BCUT2D eigenvalue weighted by Gasteiger charge is -2.05. The highest BCUT2D eigenvalue weighted by Crippen LogP contribution is 2.18. The van der Waals surface area contributed by atoms with Gasteiger partial charge < -0.3 is 11.2 Å². The number of rotatable bonds is 8. The summed E-state index contributed by atoms with van der Waals surface area (Å²) in [5.41, 5.74) is 5.21. The van der Waals surface area contributed by atoms with Crippen molar-refractivity contribution in [3.05, 3.63) is 71.3 Å². The molecule has 0 atom stereocenters. The van der Waals surface area contributed by atoms with Crippen molar-refractivity contribution in [1.29, 1.82) is 0 Å². The zero-order valence-electron chi connectivity index (χ0n) is 16.1. The lowest BCUT2D eigenvalue weighted by atomic mass is 10.2. The lowest BCUT2D eigenvalue weighted by molar-refractivity contribution is -0.113. The molecule has 0 saturated carbocycles. The number of nitrogens with one attached hydrogen (secondary N) is 2. The third-order valence-electron chi connectivity index (χ3n) is 3.75. The molecule has 3 aromatic rings. The number of thioether (sulfide) groups is 1. The summed E-state index contributed by atoms with van der Waals surface area (Å²) in [4.78, 5) is 12.1. The standard InChI is InChI=1S/C20H20ClN7OS/c1-14(10-11-15-6-3-2-4-7-15)24-25-19-26-27-20(28(19)22)30-13-18(29)23-17-9-5-8-16(21)12-17/h2-12H,13,22H2,1H3,(H,23,29)(H,25,26)/b11-10+,24-14+. The van der Waals surface area contributed by atoms with Crippen LogP contribution in [0.5, 0.6) is 0 Å². The summed E-state index contributed by atoms with van der Waals surface area (Å²) in [6.07, 6.45) is 3.82. The van der Waals surface area contributed by atoms with Crippen molar-refractivity contribution in [3.63, 3.8) is 0 Å². The van der Waals surface area contributed by atoms with Gasteiger partial charge in [0.2, 0.25) is 11.1 Å². The molecule has 0 unspecified atom stereocenters. The smallest absolute Gasteiger partial charge is 0.264 e. The summed E-state index contributed by atoms with van der Waals surface area (Å²) in [6.45, 7) is 1.85. The van der Waals surface area contributed by atoms with E-state index in [1.807, 2.05) is 49.4 Å². The van der Waals surface area contributed by atoms with E-state index in [9.17, 15) is 4.79 Å². The van der Waals surface area contributed by atoms with Crippen LogP contribution in [0, 0.1) is 0 Å². The SMILES string of the molecule is CC(/C=C/c1ccccc1)=N\Nc1nnc(SCC(=O)Nc2cccc(Cl)c2)n1N. The van der Waals surface area contributed by atoms with Gasteiger partial charge in [0.15, 0.2) is 0 Å². The Morgan fingerprint density at radius 1 is 1.23 bits per heavy atom. The van der Waals surface area contributed by atoms with Gasteiger partial charge in [-0.1, -0.05) is 65.8 Å². The molecule has 1 amide bonds. The van der Waals surface area contributed by atoms with Gasteiger partial charge in [0.1, 0.15) is 0 Å². The highest BCUT2D eigenvalue weighted by atomic mass is 35.5. The molecular weight excluding hydrogens is 422 g/mol. The van der Waals surface area contributed by atoms with Gasteiger partial charge in [0.25, 0.3) is 5.95 Å². The minimum atomic E-state index is -0.209. The second kappa shape index (κ2) is 10.5. The van der Waals surface area contributed by atoms with Crippen LogP contribution in [0.2, 0.25) is 5.02 Å². The maximum absolute atomic E-state index is 12.1. The van der Waals surface area contributed by atoms with E-state index in [0.29, 0.717) is 15.9 Å². The molecule has 1 aromatic heterocycles. The van der Waals surface area contributed by atoms with E-state index in [0.717, 1.165) is 23.0 Å². The van der Waals surface area contributed by atoms with Crippen LogP contribution in [0.3, 0.4) is 0 Å². The van der Waals surface area contributed by atoms with Crippen LogP contribution in [0.1, 0.15) is 12.5 Å². The van der Waals surface area contributed by atoms with Crippen LogP contribution >= 0.6 is 23.4 Å². The fourth-order valence-corrected chi connectivity index (χ4v) is 3.15. The summed E-state index contributed by atoms with van der Waals surface area (Å²) in [5.74, 6) is 6.16. The van der Waals surface area contributed by atoms with Gasteiger partial charge >= 0.3 is 0 Å². The Morgan fingerprint density at radius 2 is 2.03 bits per heavy atom. The molecule has 30 heavy (non-hydrogen) atoms. The van der Waals surface area contributed by atoms with Crippen molar-refractivity contribution in [2.24, 2.45) is 5.10 Å². The number of allylic oxidation sites excluding steroid dienone is 1. The van der Waals surface area contributed by atoms with Gasteiger partial charge in [-0.25, -0.2) is 10.1 Å². The van der Waals surface area contributed by atoms with E-state index >= 15 is 0 Å². The largest absolute Gasteiger partial charge is 0.334 e. The number of hydrogen-bond acceptors (Lipinski definition) is 7. The highest BCUT2D eigenvalue weighted by Gasteiger charge is 2.12. The molecule has 0 aliphatic heterocycles. The van der Waals surface area contributed by atoms with Gasteiger partial charge in [-0.2, -0.15) is 5.10 Å². The summed E-state index contributed by atoms with van der Waals surface area (Å²) in [6, 6.07) is 16.8. The predicted octanol–water partition coefficient (Wildman–Crippen LogP) is 3.88. The van der Waals surface area contributed by atoms with E-state index in [1.165, 1.54) is 4.68 Å². The molecule has 0 radical (unpaired) electrons. The average Bonchev–Trinajstić information content (AvgIpc) is 3.09. The highest BCUT2D eigenvalue weighted by molar-refractivity contribution is 7.99. The van der Waals surface area contributed by atoms with Gasteiger partial charge in [-0.15, -0.1) is 10.2 Å². The number of carbonyl (C=O) groups excluding carboxylic acids is 1. The fourth-order valence-electron chi connectivity index (χ4n) is 2.30. The Labute approximate surface area is 183 Å². The minimum Gasteiger partial charge on any atom is -0.334 e. The average molecular weight is 442 g/mol. The molecule has 3 rings (SSSR count). The molecular formula is C20H20ClN7OS. The van der Waals surface area contributed by atoms with Crippen LogP contribution in [0.25, 0.3) is 6.08 Å². The molecule has 0 aliphatic rings. The van der Waals surface area contributed by atoms with Crippen LogP contribution in [0.4, 0.5) is 11.6 Å². The molecule has 2 aromatic carbocycles. The number of hydrogen-bond donors (Lipinski definition) is 3. The molecule has 0 bridgehead atoms. The number of amides is 1. The monoisotopic (exact) mass is 441 g/mol. The second-order valence-electron chi connectivity index (χ2n) is 6.13. The third kappa shape index (κ3) is 6.36. The lowest BCUT2D eigenvalue weighted by Crippen LogP contribution is -2.17. The molecule has 0 fully saturated rings. The normalized spacial score (nSPS) is 11.6. The molecule has 8 nitrogen and oxygen atoms in total. The number of aromatic nitrogens is 3. The Bertz CT molecular complexity index is 1070. The van der Waals surface area contributed by atoms with Gasteiger partial charge in [-0.05, 0) is 36.8 Å². The van der Waals surface area contributed by atoms with Crippen molar-refractivity contribution in [2.45, 2.75) is 12.1 Å². The topological polar surface area (TPSA) is 110 Å². The molecule has 154 valence electrons. The maximum Gasteiger partial charge on any atom is 0.264 e. The molecule has 0 saturated heterocycles. The van der Waals surface area contributed by atoms with Gasteiger partial charge in [0, 0.05) is 10.7 Å². The Morgan fingerprint density at radius 3 is 2.80 bits per heavy atom. The van der Waals surface area contributed by atoms with Gasteiger partial charge in [-0.3, -0.25) is 4.79 Å². The summed E-state index contributed by atoms with van der Waals surface area (Å²) >= 11 is 7.07. The van der Waals surface area contributed by atoms with Crippen LogP contribution in [0.15, 0.2) is 70.9 Å². The Balaban J connectivity index is 1.52. The molecule has 4 N–H and O–H groups in total. The zero-order chi connectivity index (χ0) is 21.3. The first-order valence-corrected chi connectivity index (χ1v) is 10.3. The van der Waals surface area contributed by atoms with Crippen molar-refractivity contribution in [3.8, 4) is 0 Å². The first kappa shape index (κ1) is 21.4. The number of nitrogen functional groups attached to an aromatic ring is 1. The van der Waals surface area contributed by atoms with E-state index in [-0.39, 0.29) is 17.6 Å². The van der Waals surface area contributed by atoms with Crippen LogP contribution < -0.4 is 16.6 Å². The summed E-state index contributed by atoms with van der Waals surface area (Å²) < 4.78 is 1.25. The molecule has 0 spiro atoms. The third-order valence-corrected chi connectivity index (χ3v) is 4.93. The van der Waals surface area contributed by atoms with E-state index in [2.05, 4.69) is 26.0 Å². The van der Waals surface area contributed by atoms with Crippen LogP contribution in [-0.4, -0.2) is 32.2 Å². The number of benzene rings is 2. The number of nitrogens with two attached hydrogens (primary N) is 1. The molecule has 0 aliphatic carbocycles. The van der Waals surface area contributed by atoms with E-state index in [4.69, 9.17) is 17.4 Å². The number of halogens is 1. The number of carbonyl (C=O) groups is 1. The van der Waals surface area contributed by atoms with Crippen LogP contribution in [-0.2, 0) is 4.79 Å². The predicted molar refractivity (Wildman–Crippen MR) is 123 cm³/mol. The minimum absolute atomic E-state index is 0.115. The summed E-state index contributed by atoms with van der Waals surface area (Å²) in [7, 11) is 0. The second-order valence-corrected chi connectivity index (χ2v) is 7.51. The summed E-state index contributed by atoms with van der Waals surface area (Å²) in [5, 5.41) is 15.8. The fraction of sp³-hybridized carbons (Fsp3) is 0.100. The number of nitrogens with zero attached hydrogens (tertiary/aromatic N) is 4. The molecule has 10 heteroatoms. The molecule has 1 heterocycles. The van der Waals surface area contributed by atoms with Crippen molar-refractivity contribution in [1.82, 2.24) is 14.9 Å². The first-order valence-electron chi connectivity index (χ1n) is 8.93. The van der Waals surface area contributed by atoms with Gasteiger partial charge in [0.05, 0.1) is 11.5 Å². The maximum atomic E-state index is 12.1. The zero-order valence-corrected chi connectivity index (χ0v) is 17.7. The van der Waals surface area contributed by atoms with Crippen molar-refractivity contribution < 1.29 is 4.79 Å². The van der Waals surface area contributed by atoms with E-state index < -0.39 is 0 Å². The number of hydrazone groups is 1. The quantitative estimate of drug-likeness (QED) is 0.212. The Kier molecular flexibility index (Phi) is 7.47. The van der Waals surface area contributed by atoms with E-state index in [1.54, 1.807) is 24.3 Å². The first-order chi connectivity index (χ1) is 14.5. The Hall–Kier alpha value is -3.30. The van der Waals surface area contributed by atoms with Crippen molar-refractivity contribution >= 4 is 52.7 Å².